The first-order valence-corrected chi connectivity index (χ1v) is 3.92. The third-order valence-corrected chi connectivity index (χ3v) is 1.68. The quantitative estimate of drug-likeness (QED) is 0.713. The summed E-state index contributed by atoms with van der Waals surface area (Å²) in [6.45, 7) is 5.33. The molecule has 0 amide bonds. The fourth-order valence-electron chi connectivity index (χ4n) is 1.04. The Kier molecular flexibility index (Phi) is 2.80. The molecule has 1 rings (SSSR count). The molecule has 0 spiro atoms. The maximum Gasteiger partial charge on any atom is 0.331 e. The second-order valence-corrected chi connectivity index (χ2v) is 2.89. The van der Waals surface area contributed by atoms with Crippen LogP contribution in [-0.2, 0) is 11.2 Å². The standard InChI is InChI=1S/C10H11NO2/c1-7(10(12)13)5-9-3-4-11-8(2)6-9/h3-4,6H,1,5H2,2H3,(H,12,13). The Hall–Kier alpha value is -1.64. The summed E-state index contributed by atoms with van der Waals surface area (Å²) in [6, 6.07) is 3.65. The molecule has 0 aliphatic heterocycles. The lowest BCUT2D eigenvalue weighted by Gasteiger charge is -2.01. The summed E-state index contributed by atoms with van der Waals surface area (Å²) in [6.07, 6.45) is 2.04. The molecule has 1 aromatic heterocycles. The molecular weight excluding hydrogens is 166 g/mol. The number of carbonyl (C=O) groups is 1. The monoisotopic (exact) mass is 177 g/mol. The molecule has 1 aromatic rings. The van der Waals surface area contributed by atoms with Crippen LogP contribution >= 0.6 is 0 Å². The Balaban J connectivity index is 2.75. The van der Waals surface area contributed by atoms with E-state index in [4.69, 9.17) is 5.11 Å². The van der Waals surface area contributed by atoms with Gasteiger partial charge in [-0.1, -0.05) is 6.58 Å². The number of nitrogens with zero attached hydrogens (tertiary/aromatic N) is 1. The average Bonchev–Trinajstić information content (AvgIpc) is 2.04. The topological polar surface area (TPSA) is 50.2 Å². The smallest absolute Gasteiger partial charge is 0.331 e. The van der Waals surface area contributed by atoms with Crippen molar-refractivity contribution in [2.75, 3.05) is 0 Å². The molecule has 1 heterocycles. The molecular formula is C10H11NO2. The summed E-state index contributed by atoms with van der Waals surface area (Å²) in [5.74, 6) is -0.950. The highest BCUT2D eigenvalue weighted by molar-refractivity contribution is 5.86. The Morgan fingerprint density at radius 2 is 2.38 bits per heavy atom. The van der Waals surface area contributed by atoms with Gasteiger partial charge in [0.15, 0.2) is 0 Å². The second-order valence-electron chi connectivity index (χ2n) is 2.89. The minimum atomic E-state index is -0.950. The van der Waals surface area contributed by atoms with E-state index in [1.165, 1.54) is 0 Å². The molecule has 0 saturated carbocycles. The summed E-state index contributed by atoms with van der Waals surface area (Å²) in [7, 11) is 0. The van der Waals surface area contributed by atoms with Crippen LogP contribution in [0, 0.1) is 6.92 Å². The van der Waals surface area contributed by atoms with Gasteiger partial charge < -0.3 is 5.11 Å². The molecule has 0 saturated heterocycles. The van der Waals surface area contributed by atoms with Crippen LogP contribution < -0.4 is 0 Å². The van der Waals surface area contributed by atoms with Crippen molar-refractivity contribution in [1.82, 2.24) is 4.98 Å². The largest absolute Gasteiger partial charge is 0.478 e. The number of carboxylic acid groups (broad SMARTS) is 1. The molecule has 0 aliphatic rings. The molecule has 0 aliphatic carbocycles. The molecule has 0 radical (unpaired) electrons. The first-order valence-electron chi connectivity index (χ1n) is 3.92. The van der Waals surface area contributed by atoms with Crippen LogP contribution in [0.4, 0.5) is 0 Å². The summed E-state index contributed by atoms with van der Waals surface area (Å²) in [5, 5.41) is 8.60. The van der Waals surface area contributed by atoms with E-state index in [1.54, 1.807) is 12.3 Å². The maximum atomic E-state index is 10.5. The Morgan fingerprint density at radius 1 is 1.69 bits per heavy atom. The average molecular weight is 177 g/mol. The molecule has 0 fully saturated rings. The highest BCUT2D eigenvalue weighted by Gasteiger charge is 2.04. The molecule has 3 nitrogen and oxygen atoms in total. The molecule has 68 valence electrons. The van der Waals surface area contributed by atoms with Crippen LogP contribution in [0.5, 0.6) is 0 Å². The van der Waals surface area contributed by atoms with Gasteiger partial charge in [-0.25, -0.2) is 4.79 Å². The van der Waals surface area contributed by atoms with E-state index in [9.17, 15) is 4.79 Å². The summed E-state index contributed by atoms with van der Waals surface area (Å²) >= 11 is 0. The number of aromatic nitrogens is 1. The number of carboxylic acids is 1. The van der Waals surface area contributed by atoms with Gasteiger partial charge in [0, 0.05) is 23.9 Å². The lowest BCUT2D eigenvalue weighted by atomic mass is 10.1. The highest BCUT2D eigenvalue weighted by atomic mass is 16.4. The van der Waals surface area contributed by atoms with Gasteiger partial charge in [0.2, 0.25) is 0 Å². The first kappa shape index (κ1) is 9.45. The number of aryl methyl sites for hydroxylation is 1. The number of rotatable bonds is 3. The SMILES string of the molecule is C=C(Cc1ccnc(C)c1)C(=O)O. The van der Waals surface area contributed by atoms with Gasteiger partial charge in [0.25, 0.3) is 0 Å². The molecule has 3 heteroatoms. The van der Waals surface area contributed by atoms with Crippen LogP contribution in [0.1, 0.15) is 11.3 Å². The van der Waals surface area contributed by atoms with Gasteiger partial charge in [0.1, 0.15) is 0 Å². The van der Waals surface area contributed by atoms with Crippen LogP contribution in [0.3, 0.4) is 0 Å². The van der Waals surface area contributed by atoms with E-state index in [2.05, 4.69) is 11.6 Å². The number of pyridine rings is 1. The van der Waals surface area contributed by atoms with Crippen molar-refractivity contribution in [2.45, 2.75) is 13.3 Å². The highest BCUT2D eigenvalue weighted by Crippen LogP contribution is 2.06. The van der Waals surface area contributed by atoms with Crippen molar-refractivity contribution in [3.63, 3.8) is 0 Å². The number of hydrogen-bond acceptors (Lipinski definition) is 2. The second kappa shape index (κ2) is 3.85. The first-order chi connectivity index (χ1) is 6.09. The van der Waals surface area contributed by atoms with Crippen molar-refractivity contribution >= 4 is 5.97 Å². The van der Waals surface area contributed by atoms with Crippen LogP contribution in [-0.4, -0.2) is 16.1 Å². The molecule has 0 unspecified atom stereocenters. The fraction of sp³-hybridized carbons (Fsp3) is 0.200. The minimum Gasteiger partial charge on any atom is -0.478 e. The van der Waals surface area contributed by atoms with E-state index < -0.39 is 5.97 Å². The minimum absolute atomic E-state index is 0.200. The summed E-state index contributed by atoms with van der Waals surface area (Å²) in [4.78, 5) is 14.5. The molecule has 0 bridgehead atoms. The van der Waals surface area contributed by atoms with Gasteiger partial charge in [-0.2, -0.15) is 0 Å². The van der Waals surface area contributed by atoms with E-state index >= 15 is 0 Å². The Morgan fingerprint density at radius 3 is 2.92 bits per heavy atom. The normalized spacial score (nSPS) is 9.62. The van der Waals surface area contributed by atoms with Gasteiger partial charge in [-0.3, -0.25) is 4.98 Å². The number of hydrogen-bond donors (Lipinski definition) is 1. The van der Waals surface area contributed by atoms with Crippen molar-refractivity contribution < 1.29 is 9.90 Å². The van der Waals surface area contributed by atoms with E-state index in [0.717, 1.165) is 11.3 Å². The van der Waals surface area contributed by atoms with Crippen LogP contribution in [0.25, 0.3) is 0 Å². The molecule has 0 atom stereocenters. The third kappa shape index (κ3) is 2.71. The summed E-state index contributed by atoms with van der Waals surface area (Å²) < 4.78 is 0. The van der Waals surface area contributed by atoms with E-state index in [1.807, 2.05) is 13.0 Å². The van der Waals surface area contributed by atoms with Gasteiger partial charge in [0.05, 0.1) is 0 Å². The van der Waals surface area contributed by atoms with Crippen molar-refractivity contribution in [3.05, 3.63) is 41.7 Å². The van der Waals surface area contributed by atoms with E-state index in [-0.39, 0.29) is 5.57 Å². The molecule has 0 aromatic carbocycles. The fourth-order valence-corrected chi connectivity index (χ4v) is 1.04. The van der Waals surface area contributed by atoms with E-state index in [0.29, 0.717) is 6.42 Å². The number of aliphatic carboxylic acids is 1. The third-order valence-electron chi connectivity index (χ3n) is 1.68. The zero-order valence-electron chi connectivity index (χ0n) is 7.45. The van der Waals surface area contributed by atoms with Crippen molar-refractivity contribution in [2.24, 2.45) is 0 Å². The lowest BCUT2D eigenvalue weighted by Crippen LogP contribution is -2.02. The Labute approximate surface area is 76.7 Å². The molecule has 1 N–H and O–H groups in total. The van der Waals surface area contributed by atoms with Crippen molar-refractivity contribution in [3.8, 4) is 0 Å². The van der Waals surface area contributed by atoms with Crippen LogP contribution in [0.15, 0.2) is 30.5 Å². The molecule has 13 heavy (non-hydrogen) atoms. The summed E-state index contributed by atoms with van der Waals surface area (Å²) in [5.41, 5.74) is 2.01. The predicted molar refractivity (Wildman–Crippen MR) is 49.5 cm³/mol. The zero-order chi connectivity index (χ0) is 9.84. The van der Waals surface area contributed by atoms with Gasteiger partial charge >= 0.3 is 5.97 Å². The Bertz CT molecular complexity index is 345. The predicted octanol–water partition coefficient (Wildman–Crippen LogP) is 1.57. The van der Waals surface area contributed by atoms with Gasteiger partial charge in [-0.05, 0) is 24.6 Å². The van der Waals surface area contributed by atoms with Crippen LogP contribution in [0.2, 0.25) is 0 Å². The zero-order valence-corrected chi connectivity index (χ0v) is 7.45. The van der Waals surface area contributed by atoms with Gasteiger partial charge in [-0.15, -0.1) is 0 Å². The van der Waals surface area contributed by atoms with Crippen molar-refractivity contribution in [1.29, 1.82) is 0 Å². The lowest BCUT2D eigenvalue weighted by molar-refractivity contribution is -0.132. The maximum absolute atomic E-state index is 10.5.